The van der Waals surface area contributed by atoms with E-state index in [-0.39, 0.29) is 5.02 Å². The monoisotopic (exact) mass is 371 g/mol. The maximum Gasteiger partial charge on any atom is 0.142 e. The highest BCUT2D eigenvalue weighted by Crippen LogP contribution is 2.38. The van der Waals surface area contributed by atoms with Crippen molar-refractivity contribution in [1.29, 1.82) is 0 Å². The van der Waals surface area contributed by atoms with Crippen molar-refractivity contribution in [3.05, 3.63) is 61.8 Å². The van der Waals surface area contributed by atoms with Crippen molar-refractivity contribution < 1.29 is 9.13 Å². The number of halogens is 3. The smallest absolute Gasteiger partial charge is 0.142 e. The van der Waals surface area contributed by atoms with Crippen LogP contribution < -0.4 is 10.5 Å². The van der Waals surface area contributed by atoms with Crippen molar-refractivity contribution in [2.24, 2.45) is 5.73 Å². The second kappa shape index (κ2) is 6.34. The maximum absolute atomic E-state index is 13.7. The molecule has 0 aliphatic carbocycles. The fourth-order valence-electron chi connectivity index (χ4n) is 2.39. The topological polar surface area (TPSA) is 35.2 Å². The number of ether oxygens (including phenoxy) is 1. The summed E-state index contributed by atoms with van der Waals surface area (Å²) in [6, 6.07) is 6.08. The van der Waals surface area contributed by atoms with Crippen LogP contribution in [0.5, 0.6) is 5.75 Å². The molecular weight excluding hydrogens is 357 g/mol. The zero-order chi connectivity index (χ0) is 15.7. The normalized spacial score (nSPS) is 12.3. The molecule has 1 atom stereocenters. The van der Waals surface area contributed by atoms with E-state index in [2.05, 4.69) is 15.9 Å². The Balaban J connectivity index is 2.62. The molecule has 21 heavy (non-hydrogen) atoms. The Morgan fingerprint density at radius 2 is 1.95 bits per heavy atom. The number of hydrogen-bond acceptors (Lipinski definition) is 2. The van der Waals surface area contributed by atoms with Crippen molar-refractivity contribution in [3.8, 4) is 5.75 Å². The van der Waals surface area contributed by atoms with Gasteiger partial charge in [0.15, 0.2) is 0 Å². The minimum absolute atomic E-state index is 0.0834. The average Bonchev–Trinajstić information content (AvgIpc) is 2.44. The first kappa shape index (κ1) is 16.3. The van der Waals surface area contributed by atoms with Gasteiger partial charge < -0.3 is 10.5 Å². The summed E-state index contributed by atoms with van der Waals surface area (Å²) in [5.41, 5.74) is 9.77. The molecule has 0 radical (unpaired) electrons. The summed E-state index contributed by atoms with van der Waals surface area (Å²) in [6.07, 6.45) is 0. The van der Waals surface area contributed by atoms with Gasteiger partial charge in [0.1, 0.15) is 11.6 Å². The van der Waals surface area contributed by atoms with E-state index in [0.29, 0.717) is 5.56 Å². The standard InChI is InChI=1S/C16H16BrClFNO/c1-8-6-11(17)9(2)14(16(8)21-3)15(20)10-4-5-12(18)13(19)7-10/h4-7,15H,20H2,1-3H3. The van der Waals surface area contributed by atoms with Gasteiger partial charge in [0.2, 0.25) is 0 Å². The van der Waals surface area contributed by atoms with Crippen molar-refractivity contribution in [3.63, 3.8) is 0 Å². The summed E-state index contributed by atoms with van der Waals surface area (Å²) in [5, 5.41) is 0.0834. The summed E-state index contributed by atoms with van der Waals surface area (Å²) in [5.74, 6) is 0.242. The van der Waals surface area contributed by atoms with Crippen molar-refractivity contribution in [2.45, 2.75) is 19.9 Å². The lowest BCUT2D eigenvalue weighted by molar-refractivity contribution is 0.404. The lowest BCUT2D eigenvalue weighted by atomic mass is 9.93. The molecule has 0 saturated heterocycles. The van der Waals surface area contributed by atoms with Gasteiger partial charge in [0.25, 0.3) is 0 Å². The fourth-order valence-corrected chi connectivity index (χ4v) is 3.07. The second-order valence-electron chi connectivity index (χ2n) is 4.90. The molecule has 0 saturated carbocycles. The van der Waals surface area contributed by atoms with Gasteiger partial charge in [-0.3, -0.25) is 0 Å². The fraction of sp³-hybridized carbons (Fsp3) is 0.250. The molecule has 0 aliphatic rings. The van der Waals surface area contributed by atoms with Crippen molar-refractivity contribution >= 4 is 27.5 Å². The Kier molecular flexibility index (Phi) is 4.91. The lowest BCUT2D eigenvalue weighted by Gasteiger charge is -2.21. The highest BCUT2D eigenvalue weighted by molar-refractivity contribution is 9.10. The highest BCUT2D eigenvalue weighted by Gasteiger charge is 2.21. The Bertz CT molecular complexity index is 690. The van der Waals surface area contributed by atoms with Gasteiger partial charge in [-0.2, -0.15) is 0 Å². The molecule has 112 valence electrons. The number of aryl methyl sites for hydroxylation is 1. The van der Waals surface area contributed by atoms with Gasteiger partial charge in [-0.05, 0) is 48.7 Å². The maximum atomic E-state index is 13.7. The molecule has 0 bridgehead atoms. The number of nitrogens with two attached hydrogens (primary N) is 1. The number of methoxy groups -OCH3 is 1. The molecule has 0 fully saturated rings. The quantitative estimate of drug-likeness (QED) is 0.830. The second-order valence-corrected chi connectivity index (χ2v) is 6.16. The van der Waals surface area contributed by atoms with Crippen LogP contribution >= 0.6 is 27.5 Å². The van der Waals surface area contributed by atoms with E-state index in [1.54, 1.807) is 13.2 Å². The van der Waals surface area contributed by atoms with E-state index in [1.807, 2.05) is 19.9 Å². The van der Waals surface area contributed by atoms with Gasteiger partial charge in [-0.1, -0.05) is 33.6 Å². The predicted molar refractivity (Wildman–Crippen MR) is 87.6 cm³/mol. The predicted octanol–water partition coefficient (Wildman–Crippen LogP) is 4.92. The van der Waals surface area contributed by atoms with Gasteiger partial charge >= 0.3 is 0 Å². The Morgan fingerprint density at radius 3 is 2.52 bits per heavy atom. The molecule has 2 N–H and O–H groups in total. The van der Waals surface area contributed by atoms with Crippen LogP contribution in [0.2, 0.25) is 5.02 Å². The molecule has 0 aliphatic heterocycles. The summed E-state index contributed by atoms with van der Waals surface area (Å²) in [4.78, 5) is 0. The van der Waals surface area contributed by atoms with Crippen LogP contribution in [0, 0.1) is 19.7 Å². The zero-order valence-electron chi connectivity index (χ0n) is 12.0. The van der Waals surface area contributed by atoms with Crippen LogP contribution in [0.1, 0.15) is 28.3 Å². The first-order valence-electron chi connectivity index (χ1n) is 6.41. The third kappa shape index (κ3) is 3.07. The molecule has 1 unspecified atom stereocenters. The molecule has 5 heteroatoms. The SMILES string of the molecule is COc1c(C)cc(Br)c(C)c1C(N)c1ccc(Cl)c(F)c1. The van der Waals surface area contributed by atoms with E-state index in [1.165, 1.54) is 12.1 Å². The Labute approximate surface area is 137 Å². The van der Waals surface area contributed by atoms with E-state index in [4.69, 9.17) is 22.1 Å². The summed E-state index contributed by atoms with van der Waals surface area (Å²) >= 11 is 9.24. The molecule has 0 amide bonds. The van der Waals surface area contributed by atoms with Crippen LogP contribution in [0.25, 0.3) is 0 Å². The molecule has 2 rings (SSSR count). The minimum Gasteiger partial charge on any atom is -0.496 e. The van der Waals surface area contributed by atoms with E-state index < -0.39 is 11.9 Å². The number of benzene rings is 2. The van der Waals surface area contributed by atoms with Crippen LogP contribution in [0.15, 0.2) is 28.7 Å². The van der Waals surface area contributed by atoms with E-state index >= 15 is 0 Å². The molecule has 0 spiro atoms. The summed E-state index contributed by atoms with van der Waals surface area (Å²) in [7, 11) is 1.61. The summed E-state index contributed by atoms with van der Waals surface area (Å²) in [6.45, 7) is 3.90. The highest BCUT2D eigenvalue weighted by atomic mass is 79.9. The van der Waals surface area contributed by atoms with Gasteiger partial charge in [0.05, 0.1) is 18.2 Å². The molecule has 2 aromatic rings. The molecule has 0 heterocycles. The van der Waals surface area contributed by atoms with Crippen molar-refractivity contribution in [1.82, 2.24) is 0 Å². The number of hydrogen-bond donors (Lipinski definition) is 1. The first-order valence-corrected chi connectivity index (χ1v) is 7.58. The lowest BCUT2D eigenvalue weighted by Crippen LogP contribution is -2.16. The Hall–Kier alpha value is -1.10. The first-order chi connectivity index (χ1) is 9.86. The molecule has 2 nitrogen and oxygen atoms in total. The van der Waals surface area contributed by atoms with Crippen molar-refractivity contribution in [2.75, 3.05) is 7.11 Å². The number of rotatable bonds is 3. The summed E-state index contributed by atoms with van der Waals surface area (Å²) < 4.78 is 20.1. The van der Waals surface area contributed by atoms with Crippen LogP contribution in [-0.2, 0) is 0 Å². The average molecular weight is 373 g/mol. The van der Waals surface area contributed by atoms with E-state index in [0.717, 1.165) is 26.9 Å². The van der Waals surface area contributed by atoms with Gasteiger partial charge in [-0.15, -0.1) is 0 Å². The van der Waals surface area contributed by atoms with Gasteiger partial charge in [-0.25, -0.2) is 4.39 Å². The largest absolute Gasteiger partial charge is 0.496 e. The molecule has 2 aromatic carbocycles. The Morgan fingerprint density at radius 1 is 1.29 bits per heavy atom. The van der Waals surface area contributed by atoms with Crippen LogP contribution in [-0.4, -0.2) is 7.11 Å². The third-order valence-electron chi connectivity index (χ3n) is 3.53. The van der Waals surface area contributed by atoms with Crippen LogP contribution in [0.4, 0.5) is 4.39 Å². The third-order valence-corrected chi connectivity index (χ3v) is 4.66. The zero-order valence-corrected chi connectivity index (χ0v) is 14.3. The minimum atomic E-state index is -0.497. The van der Waals surface area contributed by atoms with Gasteiger partial charge in [0, 0.05) is 10.0 Å². The molecule has 0 aromatic heterocycles. The van der Waals surface area contributed by atoms with E-state index in [9.17, 15) is 4.39 Å². The molecular formula is C16H16BrClFNO. The van der Waals surface area contributed by atoms with Crippen LogP contribution in [0.3, 0.4) is 0 Å².